The Morgan fingerprint density at radius 2 is 1.19 bits per heavy atom. The third-order valence-electron chi connectivity index (χ3n) is 4.87. The van der Waals surface area contributed by atoms with Crippen molar-refractivity contribution in [3.8, 4) is 0 Å². The van der Waals surface area contributed by atoms with Crippen molar-refractivity contribution in [2.24, 2.45) is 5.92 Å². The number of rotatable bonds is 18. The highest BCUT2D eigenvalue weighted by molar-refractivity contribution is 5.82. The molecule has 0 saturated carbocycles. The Morgan fingerprint density at radius 1 is 0.769 bits per heavy atom. The molecule has 1 atom stereocenters. The molecule has 0 spiro atoms. The van der Waals surface area contributed by atoms with Crippen LogP contribution in [0.25, 0.3) is 0 Å². The third kappa shape index (κ3) is 13.1. The van der Waals surface area contributed by atoms with E-state index in [1.165, 1.54) is 57.8 Å². The van der Waals surface area contributed by atoms with E-state index in [0.29, 0.717) is 6.42 Å². The Bertz CT molecular complexity index is 358. The van der Waals surface area contributed by atoms with Crippen molar-refractivity contribution in [1.29, 1.82) is 0 Å². The molecule has 0 aromatic carbocycles. The van der Waals surface area contributed by atoms with Gasteiger partial charge in [-0.1, -0.05) is 84.0 Å². The SMILES string of the molecule is CCCCCCCCCCCCCCC(CC(=O)N(CO)CO)C(=O)O. The standard InChI is InChI=1S/C20H39NO5/c1-2-3-4-5-6-7-8-9-10-11-12-13-14-18(20(25)26)15-19(24)21(16-22)17-23/h18,22-23H,2-17H2,1H3,(H,25,26). The average Bonchev–Trinajstić information content (AvgIpc) is 2.62. The zero-order valence-electron chi connectivity index (χ0n) is 16.5. The van der Waals surface area contributed by atoms with E-state index < -0.39 is 31.3 Å². The van der Waals surface area contributed by atoms with Crippen LogP contribution in [0.15, 0.2) is 0 Å². The Labute approximate surface area is 158 Å². The van der Waals surface area contributed by atoms with Gasteiger partial charge in [0.05, 0.1) is 5.92 Å². The van der Waals surface area contributed by atoms with Crippen LogP contribution >= 0.6 is 0 Å². The summed E-state index contributed by atoms with van der Waals surface area (Å²) in [6.07, 6.45) is 14.9. The van der Waals surface area contributed by atoms with Crippen LogP contribution in [-0.4, -0.2) is 45.6 Å². The Morgan fingerprint density at radius 3 is 1.58 bits per heavy atom. The number of carbonyl (C=O) groups is 2. The summed E-state index contributed by atoms with van der Waals surface area (Å²) >= 11 is 0. The molecule has 0 aromatic heterocycles. The number of aliphatic hydroxyl groups is 2. The maximum Gasteiger partial charge on any atom is 0.307 e. The summed E-state index contributed by atoms with van der Waals surface area (Å²) in [6, 6.07) is 0. The van der Waals surface area contributed by atoms with E-state index in [-0.39, 0.29) is 6.42 Å². The number of aliphatic hydroxyl groups excluding tert-OH is 2. The highest BCUT2D eigenvalue weighted by Gasteiger charge is 2.23. The van der Waals surface area contributed by atoms with Crippen LogP contribution in [0, 0.1) is 5.92 Å². The normalized spacial score (nSPS) is 12.1. The minimum atomic E-state index is -0.989. The second kappa shape index (κ2) is 17.3. The molecule has 0 fully saturated rings. The van der Waals surface area contributed by atoms with Gasteiger partial charge in [-0.2, -0.15) is 0 Å². The molecule has 0 aliphatic heterocycles. The monoisotopic (exact) mass is 373 g/mol. The first-order chi connectivity index (χ1) is 12.6. The van der Waals surface area contributed by atoms with Crippen LogP contribution in [0.3, 0.4) is 0 Å². The Hall–Kier alpha value is -1.14. The van der Waals surface area contributed by atoms with E-state index in [4.69, 9.17) is 10.2 Å². The molecule has 1 amide bonds. The predicted octanol–water partition coefficient (Wildman–Crippen LogP) is 3.90. The minimum Gasteiger partial charge on any atom is -0.481 e. The van der Waals surface area contributed by atoms with Gasteiger partial charge in [0, 0.05) is 6.42 Å². The fraction of sp³-hybridized carbons (Fsp3) is 0.900. The van der Waals surface area contributed by atoms with Crippen molar-refractivity contribution < 1.29 is 24.9 Å². The number of nitrogens with zero attached hydrogens (tertiary/aromatic N) is 1. The number of hydrogen-bond donors (Lipinski definition) is 3. The molecule has 0 rings (SSSR count). The quantitative estimate of drug-likeness (QED) is 0.250. The lowest BCUT2D eigenvalue weighted by molar-refractivity contribution is -0.149. The van der Waals surface area contributed by atoms with Gasteiger partial charge in [-0.15, -0.1) is 0 Å². The van der Waals surface area contributed by atoms with Crippen molar-refractivity contribution in [1.82, 2.24) is 4.90 Å². The first kappa shape index (κ1) is 24.9. The van der Waals surface area contributed by atoms with Crippen LogP contribution in [0.2, 0.25) is 0 Å². The van der Waals surface area contributed by atoms with E-state index in [1.54, 1.807) is 0 Å². The number of amides is 1. The lowest BCUT2D eigenvalue weighted by atomic mass is 9.96. The maximum absolute atomic E-state index is 11.8. The molecule has 154 valence electrons. The van der Waals surface area contributed by atoms with Crippen molar-refractivity contribution in [3.05, 3.63) is 0 Å². The van der Waals surface area contributed by atoms with Gasteiger partial charge in [0.1, 0.15) is 13.5 Å². The van der Waals surface area contributed by atoms with Gasteiger partial charge in [-0.3, -0.25) is 14.5 Å². The molecule has 0 saturated heterocycles. The average molecular weight is 374 g/mol. The smallest absolute Gasteiger partial charge is 0.307 e. The van der Waals surface area contributed by atoms with Gasteiger partial charge in [-0.25, -0.2) is 0 Å². The van der Waals surface area contributed by atoms with Crippen molar-refractivity contribution >= 4 is 11.9 Å². The summed E-state index contributed by atoms with van der Waals surface area (Å²) in [7, 11) is 0. The molecule has 0 aliphatic rings. The van der Waals surface area contributed by atoms with Gasteiger partial charge in [0.15, 0.2) is 0 Å². The Kier molecular flexibility index (Phi) is 16.5. The molecule has 1 unspecified atom stereocenters. The zero-order valence-corrected chi connectivity index (χ0v) is 16.5. The van der Waals surface area contributed by atoms with E-state index in [1.807, 2.05) is 0 Å². The number of unbranched alkanes of at least 4 members (excludes halogenated alkanes) is 11. The summed E-state index contributed by atoms with van der Waals surface area (Å²) in [5, 5.41) is 27.1. The largest absolute Gasteiger partial charge is 0.481 e. The Balaban J connectivity index is 3.69. The second-order valence-corrected chi connectivity index (χ2v) is 7.13. The lowest BCUT2D eigenvalue weighted by Crippen LogP contribution is -2.35. The minimum absolute atomic E-state index is 0.172. The number of hydrogen-bond acceptors (Lipinski definition) is 4. The molecule has 3 N–H and O–H groups in total. The maximum atomic E-state index is 11.8. The van der Waals surface area contributed by atoms with Gasteiger partial charge in [0.2, 0.25) is 5.91 Å². The summed E-state index contributed by atoms with van der Waals surface area (Å²) < 4.78 is 0. The summed E-state index contributed by atoms with van der Waals surface area (Å²) in [4.78, 5) is 23.9. The first-order valence-electron chi connectivity index (χ1n) is 10.3. The fourth-order valence-corrected chi connectivity index (χ4v) is 3.09. The van der Waals surface area contributed by atoms with Crippen molar-refractivity contribution in [2.75, 3.05) is 13.5 Å². The summed E-state index contributed by atoms with van der Waals surface area (Å²) in [6.45, 7) is 1.04. The molecular formula is C20H39NO5. The molecule has 6 heteroatoms. The van der Waals surface area contributed by atoms with Gasteiger partial charge in [-0.05, 0) is 6.42 Å². The molecule has 6 nitrogen and oxygen atoms in total. The summed E-state index contributed by atoms with van der Waals surface area (Å²) in [5.74, 6) is -2.26. The van der Waals surface area contributed by atoms with Gasteiger partial charge < -0.3 is 15.3 Å². The van der Waals surface area contributed by atoms with Crippen LogP contribution in [0.5, 0.6) is 0 Å². The third-order valence-corrected chi connectivity index (χ3v) is 4.87. The molecule has 0 aliphatic carbocycles. The van der Waals surface area contributed by atoms with E-state index in [2.05, 4.69) is 6.92 Å². The second-order valence-electron chi connectivity index (χ2n) is 7.13. The van der Waals surface area contributed by atoms with Gasteiger partial charge in [0.25, 0.3) is 0 Å². The first-order valence-corrected chi connectivity index (χ1v) is 10.3. The predicted molar refractivity (Wildman–Crippen MR) is 102 cm³/mol. The molecule has 0 radical (unpaired) electrons. The van der Waals surface area contributed by atoms with Gasteiger partial charge >= 0.3 is 5.97 Å². The topological polar surface area (TPSA) is 98.1 Å². The molecule has 0 bridgehead atoms. The van der Waals surface area contributed by atoms with E-state index >= 15 is 0 Å². The highest BCUT2D eigenvalue weighted by atomic mass is 16.4. The number of aliphatic carboxylic acids is 1. The van der Waals surface area contributed by atoms with Crippen LogP contribution in [-0.2, 0) is 9.59 Å². The number of carboxylic acids is 1. The van der Waals surface area contributed by atoms with Crippen LogP contribution < -0.4 is 0 Å². The lowest BCUT2D eigenvalue weighted by Gasteiger charge is -2.19. The number of carbonyl (C=O) groups excluding carboxylic acids is 1. The molecular weight excluding hydrogens is 334 g/mol. The van der Waals surface area contributed by atoms with Crippen LogP contribution in [0.1, 0.15) is 96.8 Å². The molecule has 26 heavy (non-hydrogen) atoms. The zero-order chi connectivity index (χ0) is 19.6. The number of carboxylic acid groups (broad SMARTS) is 1. The molecule has 0 heterocycles. The van der Waals surface area contributed by atoms with E-state index in [9.17, 15) is 14.7 Å². The van der Waals surface area contributed by atoms with Crippen LogP contribution in [0.4, 0.5) is 0 Å². The molecule has 0 aromatic rings. The summed E-state index contributed by atoms with van der Waals surface area (Å²) in [5.41, 5.74) is 0. The highest BCUT2D eigenvalue weighted by Crippen LogP contribution is 2.17. The van der Waals surface area contributed by atoms with Crippen molar-refractivity contribution in [3.63, 3.8) is 0 Å². The van der Waals surface area contributed by atoms with E-state index in [0.717, 1.165) is 24.2 Å². The fourth-order valence-electron chi connectivity index (χ4n) is 3.09. The van der Waals surface area contributed by atoms with Crippen molar-refractivity contribution in [2.45, 2.75) is 96.8 Å².